The largest absolute Gasteiger partial charge is 0.310 e. The third kappa shape index (κ3) is 4.66. The van der Waals surface area contributed by atoms with Crippen LogP contribution < -0.4 is 16.4 Å². The highest BCUT2D eigenvalue weighted by Crippen LogP contribution is 2.04. The zero-order chi connectivity index (χ0) is 19.2. The highest BCUT2D eigenvalue weighted by Gasteiger charge is 2.11. The van der Waals surface area contributed by atoms with Crippen LogP contribution in [0.1, 0.15) is 26.3 Å². The molecule has 2 aromatic carbocycles. The molecule has 0 saturated heterocycles. The molecule has 0 spiro atoms. The first-order chi connectivity index (χ1) is 13.0. The number of aromatic nitrogens is 1. The summed E-state index contributed by atoms with van der Waals surface area (Å²) >= 11 is 0. The average Bonchev–Trinajstić information content (AvgIpc) is 2.69. The third-order valence-electron chi connectivity index (χ3n) is 3.84. The number of rotatable bonds is 4. The summed E-state index contributed by atoms with van der Waals surface area (Å²) in [5.74, 6) is -1.62. The molecule has 2 N–H and O–H groups in total. The Kier molecular flexibility index (Phi) is 5.41. The second kappa shape index (κ2) is 8.09. The SMILES string of the molecule is O=C(NNC(=O)c1ccc(=O)n(Cc2ccccc2)c1)c1ccc(F)cc1. The Hall–Kier alpha value is -3.74. The number of carbonyl (C=O) groups is 2. The highest BCUT2D eigenvalue weighted by molar-refractivity contribution is 5.98. The van der Waals surface area contributed by atoms with E-state index in [0.717, 1.165) is 17.7 Å². The lowest BCUT2D eigenvalue weighted by atomic mass is 10.2. The number of amides is 2. The lowest BCUT2D eigenvalue weighted by Gasteiger charge is -2.10. The molecular formula is C20H16FN3O3. The van der Waals surface area contributed by atoms with Gasteiger partial charge in [-0.1, -0.05) is 30.3 Å². The molecule has 3 rings (SSSR count). The van der Waals surface area contributed by atoms with E-state index in [-0.39, 0.29) is 16.7 Å². The summed E-state index contributed by atoms with van der Waals surface area (Å²) in [5, 5.41) is 0. The number of nitrogens with zero attached hydrogens (tertiary/aromatic N) is 1. The maximum atomic E-state index is 12.9. The van der Waals surface area contributed by atoms with Crippen LogP contribution in [0, 0.1) is 5.82 Å². The number of nitrogens with one attached hydrogen (secondary N) is 2. The predicted octanol–water partition coefficient (Wildman–Crippen LogP) is 2.11. The Morgan fingerprint density at radius 3 is 2.07 bits per heavy atom. The lowest BCUT2D eigenvalue weighted by Crippen LogP contribution is -2.42. The van der Waals surface area contributed by atoms with Gasteiger partial charge in [-0.3, -0.25) is 25.2 Å². The van der Waals surface area contributed by atoms with Crippen molar-refractivity contribution >= 4 is 11.8 Å². The molecule has 0 bridgehead atoms. The van der Waals surface area contributed by atoms with Crippen molar-refractivity contribution in [2.24, 2.45) is 0 Å². The normalized spacial score (nSPS) is 10.3. The Balaban J connectivity index is 1.68. The molecule has 1 heterocycles. The molecule has 3 aromatic rings. The number of benzene rings is 2. The molecule has 27 heavy (non-hydrogen) atoms. The standard InChI is InChI=1S/C20H16FN3O3/c21-17-9-6-15(7-10-17)19(26)22-23-20(27)16-8-11-18(25)24(13-16)12-14-4-2-1-3-5-14/h1-11,13H,12H2,(H,22,26)(H,23,27). The first-order valence-corrected chi connectivity index (χ1v) is 8.13. The fourth-order valence-electron chi connectivity index (χ4n) is 2.43. The van der Waals surface area contributed by atoms with E-state index in [9.17, 15) is 18.8 Å². The molecule has 136 valence electrons. The Labute approximate surface area is 154 Å². The molecule has 0 unspecified atom stereocenters. The zero-order valence-corrected chi connectivity index (χ0v) is 14.2. The first-order valence-electron chi connectivity index (χ1n) is 8.13. The summed E-state index contributed by atoms with van der Waals surface area (Å²) in [5.41, 5.74) is 5.61. The monoisotopic (exact) mass is 365 g/mol. The van der Waals surface area contributed by atoms with Crippen LogP contribution >= 0.6 is 0 Å². The summed E-state index contributed by atoms with van der Waals surface area (Å²) in [6.45, 7) is 0.322. The number of carbonyl (C=O) groups excluding carboxylic acids is 2. The van der Waals surface area contributed by atoms with Crippen molar-refractivity contribution in [2.45, 2.75) is 6.54 Å². The van der Waals surface area contributed by atoms with Crippen molar-refractivity contribution in [1.82, 2.24) is 15.4 Å². The molecule has 0 aliphatic heterocycles. The van der Waals surface area contributed by atoms with Gasteiger partial charge in [0.25, 0.3) is 17.4 Å². The van der Waals surface area contributed by atoms with Gasteiger partial charge < -0.3 is 4.57 Å². The van der Waals surface area contributed by atoms with Crippen LogP contribution in [0.4, 0.5) is 4.39 Å². The maximum Gasteiger partial charge on any atom is 0.271 e. The molecule has 0 atom stereocenters. The van der Waals surface area contributed by atoms with Gasteiger partial charge in [-0.05, 0) is 35.9 Å². The van der Waals surface area contributed by atoms with Crippen molar-refractivity contribution in [3.05, 3.63) is 106 Å². The topological polar surface area (TPSA) is 80.2 Å². The minimum atomic E-state index is -0.582. The molecule has 0 aliphatic rings. The van der Waals surface area contributed by atoms with Crippen molar-refractivity contribution in [3.63, 3.8) is 0 Å². The summed E-state index contributed by atoms with van der Waals surface area (Å²) < 4.78 is 14.3. The van der Waals surface area contributed by atoms with E-state index in [1.165, 1.54) is 35.0 Å². The molecule has 0 aliphatic carbocycles. The van der Waals surface area contributed by atoms with Crippen molar-refractivity contribution < 1.29 is 14.0 Å². The van der Waals surface area contributed by atoms with Crippen LogP contribution in [0.3, 0.4) is 0 Å². The van der Waals surface area contributed by atoms with Gasteiger partial charge in [-0.15, -0.1) is 0 Å². The summed E-state index contributed by atoms with van der Waals surface area (Å²) in [6.07, 6.45) is 1.43. The Morgan fingerprint density at radius 1 is 0.815 bits per heavy atom. The van der Waals surface area contributed by atoms with Crippen LogP contribution in [-0.4, -0.2) is 16.4 Å². The van der Waals surface area contributed by atoms with Gasteiger partial charge in [-0.25, -0.2) is 4.39 Å². The number of halogens is 1. The first kappa shape index (κ1) is 18.1. The maximum absolute atomic E-state index is 12.9. The molecule has 2 amide bonds. The molecule has 7 heteroatoms. The Morgan fingerprint density at radius 2 is 1.41 bits per heavy atom. The number of hydrazine groups is 1. The summed E-state index contributed by atoms with van der Waals surface area (Å²) in [4.78, 5) is 36.2. The van der Waals surface area contributed by atoms with E-state index >= 15 is 0 Å². The van der Waals surface area contributed by atoms with Gasteiger partial charge in [0.1, 0.15) is 5.82 Å². The fourth-order valence-corrected chi connectivity index (χ4v) is 2.43. The van der Waals surface area contributed by atoms with E-state index in [1.54, 1.807) is 0 Å². The van der Waals surface area contributed by atoms with E-state index in [0.29, 0.717) is 6.54 Å². The minimum absolute atomic E-state index is 0.200. The quantitative estimate of drug-likeness (QED) is 0.695. The third-order valence-corrected chi connectivity index (χ3v) is 3.84. The number of hydrogen-bond acceptors (Lipinski definition) is 3. The Bertz CT molecular complexity index is 1010. The molecular weight excluding hydrogens is 349 g/mol. The smallest absolute Gasteiger partial charge is 0.271 e. The van der Waals surface area contributed by atoms with Crippen LogP contribution in [0.25, 0.3) is 0 Å². The van der Waals surface area contributed by atoms with Crippen LogP contribution in [0.5, 0.6) is 0 Å². The fraction of sp³-hybridized carbons (Fsp3) is 0.0500. The number of hydrogen-bond donors (Lipinski definition) is 2. The number of pyridine rings is 1. The van der Waals surface area contributed by atoms with Gasteiger partial charge >= 0.3 is 0 Å². The van der Waals surface area contributed by atoms with Gasteiger partial charge in [0.15, 0.2) is 0 Å². The van der Waals surface area contributed by atoms with Gasteiger partial charge in [0, 0.05) is 17.8 Å². The van der Waals surface area contributed by atoms with Crippen LogP contribution in [0.15, 0.2) is 77.7 Å². The van der Waals surface area contributed by atoms with E-state index < -0.39 is 17.6 Å². The summed E-state index contributed by atoms with van der Waals surface area (Å²) in [7, 11) is 0. The van der Waals surface area contributed by atoms with E-state index in [4.69, 9.17) is 0 Å². The van der Waals surface area contributed by atoms with Crippen LogP contribution in [-0.2, 0) is 6.54 Å². The van der Waals surface area contributed by atoms with Gasteiger partial charge in [-0.2, -0.15) is 0 Å². The van der Waals surface area contributed by atoms with Gasteiger partial charge in [0.2, 0.25) is 0 Å². The average molecular weight is 365 g/mol. The van der Waals surface area contributed by atoms with Crippen molar-refractivity contribution in [1.29, 1.82) is 0 Å². The lowest BCUT2D eigenvalue weighted by molar-refractivity contribution is 0.0846. The molecule has 6 nitrogen and oxygen atoms in total. The van der Waals surface area contributed by atoms with Crippen LogP contribution in [0.2, 0.25) is 0 Å². The second-order valence-corrected chi connectivity index (χ2v) is 5.78. The van der Waals surface area contributed by atoms with E-state index in [2.05, 4.69) is 10.9 Å². The van der Waals surface area contributed by atoms with Gasteiger partial charge in [0.05, 0.1) is 12.1 Å². The molecule has 0 fully saturated rings. The second-order valence-electron chi connectivity index (χ2n) is 5.78. The highest BCUT2D eigenvalue weighted by atomic mass is 19.1. The van der Waals surface area contributed by atoms with Crippen molar-refractivity contribution in [2.75, 3.05) is 0 Å². The molecule has 0 saturated carbocycles. The van der Waals surface area contributed by atoms with Crippen molar-refractivity contribution in [3.8, 4) is 0 Å². The molecule has 0 radical (unpaired) electrons. The predicted molar refractivity (Wildman–Crippen MR) is 97.6 cm³/mol. The zero-order valence-electron chi connectivity index (χ0n) is 14.2. The van der Waals surface area contributed by atoms with E-state index in [1.807, 2.05) is 30.3 Å². The molecule has 1 aromatic heterocycles. The minimum Gasteiger partial charge on any atom is -0.310 e. The summed E-state index contributed by atoms with van der Waals surface area (Å²) in [6, 6.07) is 16.9.